The van der Waals surface area contributed by atoms with Crippen molar-refractivity contribution in [3.63, 3.8) is 0 Å². The molecule has 1 aromatic carbocycles. The number of carbonyl (C=O) groups excluding carboxylic acids is 1. The van der Waals surface area contributed by atoms with Crippen LogP contribution in [-0.4, -0.2) is 34.1 Å². The zero-order chi connectivity index (χ0) is 17.9. The van der Waals surface area contributed by atoms with Crippen molar-refractivity contribution in [1.82, 2.24) is 15.1 Å². The van der Waals surface area contributed by atoms with Gasteiger partial charge in [0, 0.05) is 36.2 Å². The molecule has 2 fully saturated rings. The normalized spacial score (nSPS) is 21.7. The lowest BCUT2D eigenvalue weighted by molar-refractivity contribution is -0.137. The third-order valence-corrected chi connectivity index (χ3v) is 5.92. The van der Waals surface area contributed by atoms with Gasteiger partial charge in [-0.2, -0.15) is 5.10 Å². The van der Waals surface area contributed by atoms with E-state index in [4.69, 9.17) is 0 Å². The topological polar surface area (TPSA) is 49.0 Å². The molecule has 1 aromatic heterocycles. The first-order chi connectivity index (χ1) is 12.7. The number of piperidine rings is 1. The van der Waals surface area contributed by atoms with E-state index in [9.17, 15) is 9.18 Å². The smallest absolute Gasteiger partial charge is 0.225 e. The number of aromatic nitrogens is 2. The number of rotatable bonds is 3. The lowest BCUT2D eigenvalue weighted by Crippen LogP contribution is -2.43. The van der Waals surface area contributed by atoms with E-state index in [0.29, 0.717) is 5.91 Å². The Kier molecular flexibility index (Phi) is 5.05. The predicted molar refractivity (Wildman–Crippen MR) is 99.1 cm³/mol. The molecule has 1 saturated heterocycles. The number of aromatic amines is 1. The molecule has 5 heteroatoms. The molecule has 1 amide bonds. The van der Waals surface area contributed by atoms with Gasteiger partial charge in [0.25, 0.3) is 0 Å². The van der Waals surface area contributed by atoms with Crippen LogP contribution in [0.1, 0.15) is 56.6 Å². The average Bonchev–Trinajstić information content (AvgIpc) is 3.19. The van der Waals surface area contributed by atoms with Crippen LogP contribution in [0.2, 0.25) is 0 Å². The molecule has 0 radical (unpaired) electrons. The summed E-state index contributed by atoms with van der Waals surface area (Å²) in [5.41, 5.74) is 3.05. The molecule has 1 aliphatic heterocycles. The fourth-order valence-corrected chi connectivity index (χ4v) is 4.49. The number of hydrogen-bond donors (Lipinski definition) is 1. The van der Waals surface area contributed by atoms with Crippen molar-refractivity contribution in [2.24, 2.45) is 5.92 Å². The second-order valence-electron chi connectivity index (χ2n) is 7.66. The first-order valence-corrected chi connectivity index (χ1v) is 9.80. The summed E-state index contributed by atoms with van der Waals surface area (Å²) in [7, 11) is 0. The van der Waals surface area contributed by atoms with Gasteiger partial charge in [-0.1, -0.05) is 31.4 Å². The lowest BCUT2D eigenvalue weighted by atomic mass is 9.86. The highest BCUT2D eigenvalue weighted by Gasteiger charge is 2.31. The van der Waals surface area contributed by atoms with Crippen LogP contribution in [0.4, 0.5) is 4.39 Å². The van der Waals surface area contributed by atoms with Gasteiger partial charge < -0.3 is 4.90 Å². The summed E-state index contributed by atoms with van der Waals surface area (Å²) in [4.78, 5) is 15.0. The molecule has 2 heterocycles. The van der Waals surface area contributed by atoms with E-state index in [-0.39, 0.29) is 17.7 Å². The minimum absolute atomic E-state index is 0.223. The third kappa shape index (κ3) is 3.53. The number of carbonyl (C=O) groups is 1. The SMILES string of the molecule is O=C(C1CCCCC1)N1CCCC(c2[nH]ncc2-c2ccc(F)cc2)C1. The van der Waals surface area contributed by atoms with Crippen LogP contribution in [0.15, 0.2) is 30.5 Å². The van der Waals surface area contributed by atoms with Crippen LogP contribution >= 0.6 is 0 Å². The van der Waals surface area contributed by atoms with Crippen LogP contribution < -0.4 is 0 Å². The number of benzene rings is 1. The monoisotopic (exact) mass is 355 g/mol. The van der Waals surface area contributed by atoms with Crippen LogP contribution in [0.5, 0.6) is 0 Å². The summed E-state index contributed by atoms with van der Waals surface area (Å²) in [6, 6.07) is 6.53. The van der Waals surface area contributed by atoms with E-state index < -0.39 is 0 Å². The fraction of sp³-hybridized carbons (Fsp3) is 0.524. The Morgan fingerprint density at radius 3 is 2.62 bits per heavy atom. The Morgan fingerprint density at radius 1 is 1.08 bits per heavy atom. The number of likely N-dealkylation sites (tertiary alicyclic amines) is 1. The Balaban J connectivity index is 1.51. The highest BCUT2D eigenvalue weighted by atomic mass is 19.1. The summed E-state index contributed by atoms with van der Waals surface area (Å²) in [6.07, 6.45) is 9.60. The minimum Gasteiger partial charge on any atom is -0.342 e. The first-order valence-electron chi connectivity index (χ1n) is 9.80. The van der Waals surface area contributed by atoms with Crippen molar-refractivity contribution < 1.29 is 9.18 Å². The summed E-state index contributed by atoms with van der Waals surface area (Å²) >= 11 is 0. The Hall–Kier alpha value is -2.17. The zero-order valence-corrected chi connectivity index (χ0v) is 15.1. The van der Waals surface area contributed by atoms with Crippen molar-refractivity contribution in [2.75, 3.05) is 13.1 Å². The van der Waals surface area contributed by atoms with E-state index in [1.165, 1.54) is 31.4 Å². The largest absolute Gasteiger partial charge is 0.342 e. The molecule has 4 nitrogen and oxygen atoms in total. The van der Waals surface area contributed by atoms with Crippen LogP contribution in [0.25, 0.3) is 11.1 Å². The second kappa shape index (κ2) is 7.60. The van der Waals surface area contributed by atoms with Gasteiger partial charge in [-0.15, -0.1) is 0 Å². The molecular weight excluding hydrogens is 329 g/mol. The average molecular weight is 355 g/mol. The number of amides is 1. The van der Waals surface area contributed by atoms with Gasteiger partial charge in [-0.05, 0) is 43.4 Å². The van der Waals surface area contributed by atoms with Gasteiger partial charge in [0.15, 0.2) is 0 Å². The highest BCUT2D eigenvalue weighted by molar-refractivity contribution is 5.79. The molecule has 4 rings (SSSR count). The number of nitrogens with one attached hydrogen (secondary N) is 1. The maximum atomic E-state index is 13.2. The van der Waals surface area contributed by atoms with E-state index in [1.807, 2.05) is 6.20 Å². The molecule has 26 heavy (non-hydrogen) atoms. The summed E-state index contributed by atoms with van der Waals surface area (Å²) < 4.78 is 13.2. The molecule has 1 N–H and O–H groups in total. The quantitative estimate of drug-likeness (QED) is 0.881. The van der Waals surface area contributed by atoms with Crippen LogP contribution in [0.3, 0.4) is 0 Å². The van der Waals surface area contributed by atoms with E-state index in [2.05, 4.69) is 15.1 Å². The Labute approximate surface area is 153 Å². The molecule has 2 aliphatic rings. The molecule has 1 saturated carbocycles. The fourth-order valence-electron chi connectivity index (χ4n) is 4.49. The number of nitrogens with zero attached hydrogens (tertiary/aromatic N) is 2. The zero-order valence-electron chi connectivity index (χ0n) is 15.1. The number of hydrogen-bond acceptors (Lipinski definition) is 2. The molecular formula is C21H26FN3O. The predicted octanol–water partition coefficient (Wildman–Crippen LogP) is 4.50. The molecule has 0 bridgehead atoms. The van der Waals surface area contributed by atoms with Gasteiger partial charge >= 0.3 is 0 Å². The van der Waals surface area contributed by atoms with E-state index >= 15 is 0 Å². The van der Waals surface area contributed by atoms with Crippen molar-refractivity contribution in [1.29, 1.82) is 0 Å². The number of halogens is 1. The third-order valence-electron chi connectivity index (χ3n) is 5.92. The standard InChI is InChI=1S/C21H26FN3O/c22-18-10-8-15(9-11-18)19-13-23-24-20(19)17-7-4-12-25(14-17)21(26)16-5-2-1-3-6-16/h8-11,13,16-17H,1-7,12,14H2,(H,23,24). The second-order valence-corrected chi connectivity index (χ2v) is 7.66. The summed E-state index contributed by atoms with van der Waals surface area (Å²) in [6.45, 7) is 1.62. The first kappa shape index (κ1) is 17.3. The van der Waals surface area contributed by atoms with Gasteiger partial charge in [0.2, 0.25) is 5.91 Å². The number of H-pyrrole nitrogens is 1. The molecule has 2 aromatic rings. The van der Waals surface area contributed by atoms with Gasteiger partial charge in [-0.25, -0.2) is 4.39 Å². The van der Waals surface area contributed by atoms with Crippen LogP contribution in [-0.2, 0) is 4.79 Å². The molecule has 1 aliphatic carbocycles. The van der Waals surface area contributed by atoms with Gasteiger partial charge in [0.05, 0.1) is 6.20 Å². The molecule has 138 valence electrons. The molecule has 1 atom stereocenters. The van der Waals surface area contributed by atoms with Gasteiger partial charge in [-0.3, -0.25) is 9.89 Å². The molecule has 0 spiro atoms. The van der Waals surface area contributed by atoms with Gasteiger partial charge in [0.1, 0.15) is 5.82 Å². The van der Waals surface area contributed by atoms with Crippen molar-refractivity contribution >= 4 is 5.91 Å². The van der Waals surface area contributed by atoms with Crippen molar-refractivity contribution in [2.45, 2.75) is 50.9 Å². The Morgan fingerprint density at radius 2 is 1.85 bits per heavy atom. The minimum atomic E-state index is -0.235. The highest BCUT2D eigenvalue weighted by Crippen LogP contribution is 2.34. The summed E-state index contributed by atoms with van der Waals surface area (Å²) in [5, 5.41) is 7.38. The van der Waals surface area contributed by atoms with Crippen molar-refractivity contribution in [3.8, 4) is 11.1 Å². The maximum absolute atomic E-state index is 13.2. The van der Waals surface area contributed by atoms with Crippen LogP contribution in [0, 0.1) is 11.7 Å². The molecule has 1 unspecified atom stereocenters. The Bertz CT molecular complexity index is 749. The maximum Gasteiger partial charge on any atom is 0.225 e. The summed E-state index contributed by atoms with van der Waals surface area (Å²) in [5.74, 6) is 0.595. The van der Waals surface area contributed by atoms with E-state index in [1.54, 1.807) is 12.1 Å². The van der Waals surface area contributed by atoms with E-state index in [0.717, 1.165) is 55.6 Å². The lowest BCUT2D eigenvalue weighted by Gasteiger charge is -2.36. The van der Waals surface area contributed by atoms with Crippen molar-refractivity contribution in [3.05, 3.63) is 42.0 Å².